The predicted molar refractivity (Wildman–Crippen MR) is 100 cm³/mol. The molecule has 5 nitrogen and oxygen atoms in total. The molecule has 1 amide bonds. The summed E-state index contributed by atoms with van der Waals surface area (Å²) in [5.74, 6) is 0.194. The average Bonchev–Trinajstić information content (AvgIpc) is 3.33. The van der Waals surface area contributed by atoms with Gasteiger partial charge in [0.2, 0.25) is 5.91 Å². The Balaban J connectivity index is 1.36. The normalized spacial score (nSPS) is 16.8. The molecule has 0 spiro atoms. The first kappa shape index (κ1) is 18.6. The zero-order valence-electron chi connectivity index (χ0n) is 15.3. The third kappa shape index (κ3) is 4.91. The van der Waals surface area contributed by atoms with Crippen LogP contribution in [0, 0.1) is 11.7 Å². The molecule has 1 atom stereocenters. The van der Waals surface area contributed by atoms with Gasteiger partial charge >= 0.3 is 0 Å². The summed E-state index contributed by atoms with van der Waals surface area (Å²) in [6.45, 7) is 2.59. The largest absolute Gasteiger partial charge is 0.345 e. The molecule has 0 aliphatic carbocycles. The Morgan fingerprint density at radius 2 is 2.08 bits per heavy atom. The van der Waals surface area contributed by atoms with Gasteiger partial charge in [0.15, 0.2) is 0 Å². The van der Waals surface area contributed by atoms with Gasteiger partial charge in [-0.3, -0.25) is 9.89 Å². The van der Waals surface area contributed by atoms with Crippen LogP contribution in [0.15, 0.2) is 30.3 Å². The fourth-order valence-corrected chi connectivity index (χ4v) is 3.39. The number of aromatic amines is 1. The second-order valence-corrected chi connectivity index (χ2v) is 7.05. The van der Waals surface area contributed by atoms with Gasteiger partial charge in [0, 0.05) is 31.4 Å². The van der Waals surface area contributed by atoms with Gasteiger partial charge in [-0.1, -0.05) is 6.42 Å². The lowest BCUT2D eigenvalue weighted by molar-refractivity contribution is -0.133. The minimum atomic E-state index is -0.239. The van der Waals surface area contributed by atoms with Gasteiger partial charge in [-0.15, -0.1) is 0 Å². The second kappa shape index (κ2) is 8.94. The average molecular weight is 358 g/mol. The number of nitrogens with zero attached hydrogens (tertiary/aromatic N) is 2. The van der Waals surface area contributed by atoms with E-state index in [-0.39, 0.29) is 17.6 Å². The van der Waals surface area contributed by atoms with E-state index in [0.29, 0.717) is 0 Å². The third-order valence-electron chi connectivity index (χ3n) is 5.00. The Labute approximate surface area is 154 Å². The van der Waals surface area contributed by atoms with Crippen LogP contribution in [0.4, 0.5) is 4.39 Å². The van der Waals surface area contributed by atoms with Crippen molar-refractivity contribution >= 4 is 5.91 Å². The Kier molecular flexibility index (Phi) is 6.39. The fraction of sp³-hybridized carbons (Fsp3) is 0.500. The van der Waals surface area contributed by atoms with Gasteiger partial charge in [-0.25, -0.2) is 4.39 Å². The van der Waals surface area contributed by atoms with Crippen molar-refractivity contribution in [3.8, 4) is 11.3 Å². The van der Waals surface area contributed by atoms with E-state index >= 15 is 0 Å². The molecule has 2 aromatic rings. The summed E-state index contributed by atoms with van der Waals surface area (Å²) in [5, 5.41) is 10.6. The lowest BCUT2D eigenvalue weighted by Crippen LogP contribution is -2.34. The molecule has 3 rings (SSSR count). The van der Waals surface area contributed by atoms with Gasteiger partial charge in [-0.2, -0.15) is 5.10 Å². The molecule has 0 saturated carbocycles. The third-order valence-corrected chi connectivity index (χ3v) is 5.00. The number of carbonyl (C=O) groups excluding carboxylic acids is 1. The monoisotopic (exact) mass is 358 g/mol. The molecule has 1 aliphatic rings. The standard InChI is InChI=1S/C20H27FN4O/c1-25(20(26)16-10-11-22-14-16)12-4-2-3-5-18-13-19(24-23-18)15-6-8-17(21)9-7-15/h6-9,13,16,22H,2-5,10-12,14H2,1H3,(H,23,24). The summed E-state index contributed by atoms with van der Waals surface area (Å²) >= 11 is 0. The molecule has 1 saturated heterocycles. The number of benzene rings is 1. The maximum atomic E-state index is 13.0. The zero-order valence-corrected chi connectivity index (χ0v) is 15.3. The van der Waals surface area contributed by atoms with Crippen LogP contribution in [-0.2, 0) is 11.2 Å². The highest BCUT2D eigenvalue weighted by Crippen LogP contribution is 2.19. The number of rotatable bonds is 8. The lowest BCUT2D eigenvalue weighted by atomic mass is 10.1. The van der Waals surface area contributed by atoms with Crippen molar-refractivity contribution in [2.24, 2.45) is 5.92 Å². The molecule has 1 aliphatic heterocycles. The van der Waals surface area contributed by atoms with Crippen LogP contribution in [0.25, 0.3) is 11.3 Å². The van der Waals surface area contributed by atoms with Crippen molar-refractivity contribution in [3.63, 3.8) is 0 Å². The number of hydrogen-bond donors (Lipinski definition) is 2. The molecular formula is C20H27FN4O. The Morgan fingerprint density at radius 1 is 1.27 bits per heavy atom. The number of halogens is 1. The van der Waals surface area contributed by atoms with E-state index in [9.17, 15) is 9.18 Å². The van der Waals surface area contributed by atoms with E-state index in [4.69, 9.17) is 0 Å². The Bertz CT molecular complexity index is 707. The van der Waals surface area contributed by atoms with Gasteiger partial charge in [0.1, 0.15) is 5.82 Å². The summed E-state index contributed by atoms with van der Waals surface area (Å²) in [6.07, 6.45) is 5.03. The number of aromatic nitrogens is 2. The SMILES string of the molecule is CN(CCCCCc1cc(-c2ccc(F)cc2)n[nH]1)C(=O)C1CCNC1. The number of unbranched alkanes of at least 4 members (excludes halogenated alkanes) is 2. The van der Waals surface area contributed by atoms with Crippen LogP contribution in [0.3, 0.4) is 0 Å². The van der Waals surface area contributed by atoms with E-state index in [1.165, 1.54) is 12.1 Å². The van der Waals surface area contributed by atoms with Crippen molar-refractivity contribution in [2.45, 2.75) is 32.1 Å². The predicted octanol–water partition coefficient (Wildman–Crippen LogP) is 3.00. The topological polar surface area (TPSA) is 61.0 Å². The number of amides is 1. The Hall–Kier alpha value is -2.21. The molecule has 2 heterocycles. The number of nitrogens with one attached hydrogen (secondary N) is 2. The minimum Gasteiger partial charge on any atom is -0.345 e. The number of hydrogen-bond acceptors (Lipinski definition) is 3. The molecule has 1 aromatic heterocycles. The molecular weight excluding hydrogens is 331 g/mol. The van der Waals surface area contributed by atoms with Crippen molar-refractivity contribution < 1.29 is 9.18 Å². The number of aryl methyl sites for hydroxylation is 1. The van der Waals surface area contributed by atoms with Crippen LogP contribution in [0.5, 0.6) is 0 Å². The summed E-state index contributed by atoms with van der Waals surface area (Å²) < 4.78 is 13.0. The molecule has 6 heteroatoms. The van der Waals surface area contributed by atoms with Crippen molar-refractivity contribution in [3.05, 3.63) is 41.8 Å². The molecule has 0 bridgehead atoms. The minimum absolute atomic E-state index is 0.162. The molecule has 1 fully saturated rings. The molecule has 26 heavy (non-hydrogen) atoms. The summed E-state index contributed by atoms with van der Waals surface area (Å²) in [4.78, 5) is 14.1. The first-order valence-electron chi connectivity index (χ1n) is 9.39. The van der Waals surface area contributed by atoms with E-state index in [0.717, 1.165) is 68.7 Å². The van der Waals surface area contributed by atoms with Crippen LogP contribution >= 0.6 is 0 Å². The maximum Gasteiger partial charge on any atom is 0.226 e. The molecule has 1 aromatic carbocycles. The second-order valence-electron chi connectivity index (χ2n) is 7.05. The zero-order chi connectivity index (χ0) is 18.4. The van der Waals surface area contributed by atoms with Gasteiger partial charge in [-0.05, 0) is 62.6 Å². The lowest BCUT2D eigenvalue weighted by Gasteiger charge is -2.20. The highest BCUT2D eigenvalue weighted by molar-refractivity contribution is 5.79. The smallest absolute Gasteiger partial charge is 0.226 e. The molecule has 140 valence electrons. The first-order chi connectivity index (χ1) is 12.6. The van der Waals surface area contributed by atoms with E-state index in [1.54, 1.807) is 12.1 Å². The maximum absolute atomic E-state index is 13.0. The highest BCUT2D eigenvalue weighted by atomic mass is 19.1. The van der Waals surface area contributed by atoms with Gasteiger partial charge in [0.25, 0.3) is 0 Å². The fourth-order valence-electron chi connectivity index (χ4n) is 3.39. The summed E-state index contributed by atoms with van der Waals surface area (Å²) in [7, 11) is 1.91. The van der Waals surface area contributed by atoms with Crippen LogP contribution < -0.4 is 5.32 Å². The van der Waals surface area contributed by atoms with Crippen molar-refractivity contribution in [1.29, 1.82) is 0 Å². The van der Waals surface area contributed by atoms with Crippen molar-refractivity contribution in [2.75, 3.05) is 26.7 Å². The van der Waals surface area contributed by atoms with E-state index in [1.807, 2.05) is 18.0 Å². The summed E-state index contributed by atoms with van der Waals surface area (Å²) in [5.41, 5.74) is 2.84. The van der Waals surface area contributed by atoms with Gasteiger partial charge in [0.05, 0.1) is 11.6 Å². The van der Waals surface area contributed by atoms with Crippen LogP contribution in [0.2, 0.25) is 0 Å². The highest BCUT2D eigenvalue weighted by Gasteiger charge is 2.24. The number of H-pyrrole nitrogens is 1. The quantitative estimate of drug-likeness (QED) is 0.713. The van der Waals surface area contributed by atoms with E-state index < -0.39 is 0 Å². The Morgan fingerprint density at radius 3 is 2.81 bits per heavy atom. The number of carbonyl (C=O) groups is 1. The first-order valence-corrected chi connectivity index (χ1v) is 9.39. The van der Waals surface area contributed by atoms with Crippen LogP contribution in [-0.4, -0.2) is 47.7 Å². The molecule has 1 unspecified atom stereocenters. The molecule has 2 N–H and O–H groups in total. The molecule has 0 radical (unpaired) electrons. The van der Waals surface area contributed by atoms with Gasteiger partial charge < -0.3 is 10.2 Å². The van der Waals surface area contributed by atoms with Crippen molar-refractivity contribution in [1.82, 2.24) is 20.4 Å². The summed E-state index contributed by atoms with van der Waals surface area (Å²) in [6, 6.07) is 8.40. The van der Waals surface area contributed by atoms with E-state index in [2.05, 4.69) is 15.5 Å². The van der Waals surface area contributed by atoms with Crippen LogP contribution in [0.1, 0.15) is 31.4 Å².